The van der Waals surface area contributed by atoms with Crippen molar-refractivity contribution in [3.8, 4) is 16.9 Å². The van der Waals surface area contributed by atoms with Crippen molar-refractivity contribution in [2.45, 2.75) is 36.9 Å². The second-order valence-electron chi connectivity index (χ2n) is 8.29. The minimum absolute atomic E-state index is 0.00878. The molecule has 0 spiro atoms. The molecule has 196 valence electrons. The highest BCUT2D eigenvalue weighted by atomic mass is 32.2. The van der Waals surface area contributed by atoms with E-state index in [9.17, 15) is 35.2 Å². The van der Waals surface area contributed by atoms with Crippen LogP contribution >= 0.6 is 0 Å². The standard InChI is InChI=1S/C25H21F5N2O4S/c26-18-6-8-19(9-7-18)37(34,35)32-10-2-5-22(32)24(33)31-14-15-3-1-4-16(11-15)17-12-20(27)23(21(28)13-17)36-25(29)30/h1,3-4,6-9,11-13,22,25H,2,5,10,14H2,(H,31,33). The van der Waals surface area contributed by atoms with Crippen LogP contribution in [0.2, 0.25) is 0 Å². The van der Waals surface area contributed by atoms with E-state index >= 15 is 0 Å². The van der Waals surface area contributed by atoms with Crippen LogP contribution in [0.5, 0.6) is 5.75 Å². The normalized spacial score (nSPS) is 16.2. The van der Waals surface area contributed by atoms with Gasteiger partial charge in [0.25, 0.3) is 0 Å². The van der Waals surface area contributed by atoms with Crippen LogP contribution in [0.25, 0.3) is 11.1 Å². The van der Waals surface area contributed by atoms with Gasteiger partial charge >= 0.3 is 6.61 Å². The van der Waals surface area contributed by atoms with Gasteiger partial charge in [-0.3, -0.25) is 4.79 Å². The Balaban J connectivity index is 1.47. The number of hydrogen-bond donors (Lipinski definition) is 1. The Morgan fingerprint density at radius 3 is 2.32 bits per heavy atom. The summed E-state index contributed by atoms with van der Waals surface area (Å²) in [5, 5.41) is 2.68. The van der Waals surface area contributed by atoms with Crippen LogP contribution in [0.1, 0.15) is 18.4 Å². The maximum absolute atomic E-state index is 14.1. The van der Waals surface area contributed by atoms with Gasteiger partial charge in [0.15, 0.2) is 17.4 Å². The Kier molecular flexibility index (Phi) is 7.79. The molecule has 0 aliphatic carbocycles. The number of amides is 1. The van der Waals surface area contributed by atoms with Crippen LogP contribution in [-0.4, -0.2) is 37.8 Å². The summed E-state index contributed by atoms with van der Waals surface area (Å²) >= 11 is 0. The molecular weight excluding hydrogens is 519 g/mol. The molecule has 1 atom stereocenters. The van der Waals surface area contributed by atoms with Gasteiger partial charge in [0.1, 0.15) is 11.9 Å². The van der Waals surface area contributed by atoms with Crippen molar-refractivity contribution < 1.29 is 39.9 Å². The predicted octanol–water partition coefficient (Wildman–Crippen LogP) is 4.84. The summed E-state index contributed by atoms with van der Waals surface area (Å²) in [4.78, 5) is 12.8. The monoisotopic (exact) mass is 540 g/mol. The van der Waals surface area contributed by atoms with Crippen molar-refractivity contribution in [3.63, 3.8) is 0 Å². The van der Waals surface area contributed by atoms with Gasteiger partial charge in [-0.1, -0.05) is 18.2 Å². The molecule has 1 aliphatic rings. The van der Waals surface area contributed by atoms with E-state index in [4.69, 9.17) is 0 Å². The number of rotatable bonds is 8. The van der Waals surface area contributed by atoms with E-state index in [0.29, 0.717) is 24.0 Å². The van der Waals surface area contributed by atoms with Crippen LogP contribution in [0.4, 0.5) is 22.0 Å². The second kappa shape index (κ2) is 10.9. The molecule has 1 aliphatic heterocycles. The maximum Gasteiger partial charge on any atom is 0.387 e. The number of nitrogens with zero attached hydrogens (tertiary/aromatic N) is 1. The zero-order valence-corrected chi connectivity index (χ0v) is 20.0. The average molecular weight is 541 g/mol. The van der Waals surface area contributed by atoms with Gasteiger partial charge < -0.3 is 10.1 Å². The van der Waals surface area contributed by atoms with Gasteiger partial charge in [-0.05, 0) is 72.0 Å². The molecular formula is C25H21F5N2O4S. The number of ether oxygens (including phenoxy) is 1. The van der Waals surface area contributed by atoms with E-state index in [0.717, 1.165) is 40.7 Å². The fourth-order valence-electron chi connectivity index (χ4n) is 4.13. The van der Waals surface area contributed by atoms with E-state index in [-0.39, 0.29) is 23.5 Å². The third-order valence-corrected chi connectivity index (χ3v) is 7.78. The average Bonchev–Trinajstić information content (AvgIpc) is 3.36. The minimum atomic E-state index is -4.02. The number of sulfonamides is 1. The molecule has 4 rings (SSSR count). The molecule has 1 unspecified atom stereocenters. The van der Waals surface area contributed by atoms with E-state index in [1.165, 1.54) is 0 Å². The summed E-state index contributed by atoms with van der Waals surface area (Å²) in [6.45, 7) is -3.26. The fourth-order valence-corrected chi connectivity index (χ4v) is 5.78. The van der Waals surface area contributed by atoms with Gasteiger partial charge in [0, 0.05) is 13.1 Å². The fraction of sp³-hybridized carbons (Fsp3) is 0.240. The van der Waals surface area contributed by atoms with Crippen molar-refractivity contribution >= 4 is 15.9 Å². The SMILES string of the molecule is O=C(NCc1cccc(-c2cc(F)c(OC(F)F)c(F)c2)c1)C1CCCN1S(=O)(=O)c1ccc(F)cc1. The molecule has 3 aromatic carbocycles. The van der Waals surface area contributed by atoms with Crippen molar-refractivity contribution in [3.05, 3.63) is 83.7 Å². The van der Waals surface area contributed by atoms with Gasteiger partial charge in [-0.2, -0.15) is 13.1 Å². The number of nitrogens with one attached hydrogen (secondary N) is 1. The predicted molar refractivity (Wildman–Crippen MR) is 124 cm³/mol. The molecule has 1 amide bonds. The number of carbonyl (C=O) groups is 1. The Bertz CT molecular complexity index is 1380. The molecule has 1 heterocycles. The van der Waals surface area contributed by atoms with Gasteiger partial charge in [0.05, 0.1) is 4.90 Å². The molecule has 12 heteroatoms. The lowest BCUT2D eigenvalue weighted by molar-refractivity contribution is -0.124. The van der Waals surface area contributed by atoms with Crippen LogP contribution in [0.3, 0.4) is 0 Å². The largest absolute Gasteiger partial charge is 0.429 e. The number of halogens is 5. The third kappa shape index (κ3) is 5.91. The first-order valence-corrected chi connectivity index (χ1v) is 12.6. The van der Waals surface area contributed by atoms with Crippen molar-refractivity contribution in [1.82, 2.24) is 9.62 Å². The van der Waals surface area contributed by atoms with Crippen LogP contribution < -0.4 is 10.1 Å². The third-order valence-electron chi connectivity index (χ3n) is 5.86. The van der Waals surface area contributed by atoms with E-state index in [1.54, 1.807) is 24.3 Å². The summed E-state index contributed by atoms with van der Waals surface area (Å²) in [6.07, 6.45) is 0.772. The Morgan fingerprint density at radius 2 is 1.68 bits per heavy atom. The molecule has 0 bridgehead atoms. The lowest BCUT2D eigenvalue weighted by atomic mass is 10.0. The van der Waals surface area contributed by atoms with E-state index in [1.807, 2.05) is 0 Å². The molecule has 1 fully saturated rings. The Morgan fingerprint density at radius 1 is 1.00 bits per heavy atom. The van der Waals surface area contributed by atoms with Crippen molar-refractivity contribution in [2.75, 3.05) is 6.54 Å². The summed E-state index contributed by atoms with van der Waals surface area (Å²) in [5.74, 6) is -4.88. The highest BCUT2D eigenvalue weighted by molar-refractivity contribution is 7.89. The zero-order chi connectivity index (χ0) is 26.7. The molecule has 0 saturated carbocycles. The highest BCUT2D eigenvalue weighted by Crippen LogP contribution is 2.31. The zero-order valence-electron chi connectivity index (χ0n) is 19.1. The van der Waals surface area contributed by atoms with Crippen LogP contribution in [-0.2, 0) is 21.4 Å². The van der Waals surface area contributed by atoms with Crippen molar-refractivity contribution in [2.24, 2.45) is 0 Å². The Labute approximate surface area is 209 Å². The topological polar surface area (TPSA) is 75.7 Å². The van der Waals surface area contributed by atoms with Crippen LogP contribution in [0.15, 0.2) is 65.6 Å². The second-order valence-corrected chi connectivity index (χ2v) is 10.2. The summed E-state index contributed by atoms with van der Waals surface area (Å²) in [7, 11) is -4.02. The number of alkyl halides is 2. The van der Waals surface area contributed by atoms with E-state index in [2.05, 4.69) is 10.1 Å². The molecule has 0 radical (unpaired) electrons. The summed E-state index contributed by atoms with van der Waals surface area (Å²) in [6, 6.07) is 11.4. The summed E-state index contributed by atoms with van der Waals surface area (Å²) < 4.78 is 97.1. The maximum atomic E-state index is 14.1. The molecule has 3 aromatic rings. The Hall–Kier alpha value is -3.51. The van der Waals surface area contributed by atoms with Gasteiger partial charge in [0.2, 0.25) is 15.9 Å². The summed E-state index contributed by atoms with van der Waals surface area (Å²) in [5.41, 5.74) is 0.970. The smallest absolute Gasteiger partial charge is 0.387 e. The first-order chi connectivity index (χ1) is 17.6. The molecule has 37 heavy (non-hydrogen) atoms. The molecule has 0 aromatic heterocycles. The van der Waals surface area contributed by atoms with E-state index < -0.39 is 51.8 Å². The van der Waals surface area contributed by atoms with Crippen LogP contribution in [0, 0.1) is 17.5 Å². The quantitative estimate of drug-likeness (QED) is 0.415. The number of hydrogen-bond acceptors (Lipinski definition) is 4. The first kappa shape index (κ1) is 26.6. The molecule has 1 N–H and O–H groups in total. The minimum Gasteiger partial charge on any atom is -0.429 e. The van der Waals surface area contributed by atoms with Crippen molar-refractivity contribution in [1.29, 1.82) is 0 Å². The number of carbonyl (C=O) groups excluding carboxylic acids is 1. The lowest BCUT2D eigenvalue weighted by Crippen LogP contribution is -2.45. The highest BCUT2D eigenvalue weighted by Gasteiger charge is 2.39. The van der Waals surface area contributed by atoms with Gasteiger partial charge in [-0.25, -0.2) is 21.6 Å². The molecule has 6 nitrogen and oxygen atoms in total. The number of benzene rings is 3. The lowest BCUT2D eigenvalue weighted by Gasteiger charge is -2.23. The first-order valence-electron chi connectivity index (χ1n) is 11.1. The molecule has 1 saturated heterocycles. The van der Waals surface area contributed by atoms with Gasteiger partial charge in [-0.15, -0.1) is 0 Å².